The minimum absolute atomic E-state index is 0.0354. The number of imidazole rings is 1. The number of aromatic amines is 1. The first-order valence-corrected chi connectivity index (χ1v) is 9.34. The molecule has 25 heavy (non-hydrogen) atoms. The first kappa shape index (κ1) is 17.3. The summed E-state index contributed by atoms with van der Waals surface area (Å²) in [5.41, 5.74) is 1.70. The summed E-state index contributed by atoms with van der Waals surface area (Å²) in [7, 11) is 0. The Hall–Kier alpha value is -2.57. The molecule has 3 N–H and O–H groups in total. The van der Waals surface area contributed by atoms with Crippen LogP contribution in [0.5, 0.6) is 0 Å². The number of para-hydroxylation sites is 2. The van der Waals surface area contributed by atoms with Crippen molar-refractivity contribution in [3.05, 3.63) is 35.8 Å². The minimum Gasteiger partial charge on any atom is -0.510 e. The van der Waals surface area contributed by atoms with Gasteiger partial charge in [-0.3, -0.25) is 0 Å². The van der Waals surface area contributed by atoms with E-state index in [0.717, 1.165) is 27.0 Å². The van der Waals surface area contributed by atoms with Crippen molar-refractivity contribution in [1.82, 2.24) is 20.2 Å². The van der Waals surface area contributed by atoms with Crippen molar-refractivity contribution in [2.45, 2.75) is 23.4 Å². The normalized spacial score (nSPS) is 13.3. The molecule has 0 unspecified atom stereocenters. The second kappa shape index (κ2) is 7.55. The Morgan fingerprint density at radius 1 is 1.44 bits per heavy atom. The lowest BCUT2D eigenvalue weighted by molar-refractivity contribution is 0.402. The SMILES string of the molecule is CCNc1nnc(S[C@@H](C)C(O)=C(C#N)c2nc3ccccc3[nH]2)s1. The third kappa shape index (κ3) is 3.75. The number of aliphatic hydroxyl groups is 1. The number of H-pyrrole nitrogens is 1. The number of nitrogens with zero attached hydrogens (tertiary/aromatic N) is 4. The van der Waals surface area contributed by atoms with Gasteiger partial charge < -0.3 is 15.4 Å². The van der Waals surface area contributed by atoms with Gasteiger partial charge in [0.15, 0.2) is 10.2 Å². The maximum absolute atomic E-state index is 10.5. The second-order valence-corrected chi connectivity index (χ2v) is 7.70. The van der Waals surface area contributed by atoms with Crippen LogP contribution in [0.25, 0.3) is 16.6 Å². The number of aliphatic hydroxyl groups excluding tert-OH is 1. The number of nitriles is 1. The number of anilines is 1. The van der Waals surface area contributed by atoms with E-state index >= 15 is 0 Å². The predicted octanol–water partition coefficient (Wildman–Crippen LogP) is 3.82. The zero-order chi connectivity index (χ0) is 17.8. The van der Waals surface area contributed by atoms with E-state index in [2.05, 4.69) is 25.5 Å². The monoisotopic (exact) mass is 372 g/mol. The first-order valence-electron chi connectivity index (χ1n) is 7.64. The fraction of sp³-hybridized carbons (Fsp3) is 0.250. The highest BCUT2D eigenvalue weighted by molar-refractivity contribution is 8.01. The number of hydrogen-bond donors (Lipinski definition) is 3. The van der Waals surface area contributed by atoms with Crippen LogP contribution in [0.3, 0.4) is 0 Å². The van der Waals surface area contributed by atoms with Crippen LogP contribution in [0, 0.1) is 11.3 Å². The average molecular weight is 372 g/mol. The van der Waals surface area contributed by atoms with Gasteiger partial charge in [0, 0.05) is 6.54 Å². The van der Waals surface area contributed by atoms with E-state index in [1.807, 2.05) is 44.2 Å². The summed E-state index contributed by atoms with van der Waals surface area (Å²) < 4.78 is 0.719. The molecule has 0 spiro atoms. The lowest BCUT2D eigenvalue weighted by Gasteiger charge is -2.09. The summed E-state index contributed by atoms with van der Waals surface area (Å²) in [4.78, 5) is 7.45. The average Bonchev–Trinajstić information content (AvgIpc) is 3.22. The van der Waals surface area contributed by atoms with Crippen LogP contribution in [0.2, 0.25) is 0 Å². The van der Waals surface area contributed by atoms with Gasteiger partial charge in [0.2, 0.25) is 5.13 Å². The molecular weight excluding hydrogens is 356 g/mol. The van der Waals surface area contributed by atoms with Crippen LogP contribution in [0.4, 0.5) is 5.13 Å². The molecule has 0 radical (unpaired) electrons. The second-order valence-electron chi connectivity index (χ2n) is 5.14. The van der Waals surface area contributed by atoms with Crippen LogP contribution in [-0.2, 0) is 0 Å². The third-order valence-electron chi connectivity index (χ3n) is 3.39. The lowest BCUT2D eigenvalue weighted by Crippen LogP contribution is -2.04. The fourth-order valence-electron chi connectivity index (χ4n) is 2.19. The molecule has 9 heteroatoms. The van der Waals surface area contributed by atoms with Gasteiger partial charge in [-0.05, 0) is 26.0 Å². The molecule has 0 saturated heterocycles. The van der Waals surface area contributed by atoms with Crippen LogP contribution in [-0.4, -0.2) is 37.1 Å². The molecule has 0 aliphatic rings. The molecule has 0 bridgehead atoms. The highest BCUT2D eigenvalue weighted by Crippen LogP contribution is 2.33. The quantitative estimate of drug-likeness (QED) is 0.343. The van der Waals surface area contributed by atoms with Crippen LogP contribution < -0.4 is 5.32 Å². The van der Waals surface area contributed by atoms with Gasteiger partial charge in [-0.1, -0.05) is 35.2 Å². The van der Waals surface area contributed by atoms with Crippen LogP contribution >= 0.6 is 23.1 Å². The third-order valence-corrected chi connectivity index (χ3v) is 5.47. The van der Waals surface area contributed by atoms with Gasteiger partial charge in [-0.25, -0.2) is 4.98 Å². The molecule has 2 aromatic heterocycles. The van der Waals surface area contributed by atoms with Crippen molar-refractivity contribution in [2.24, 2.45) is 0 Å². The van der Waals surface area contributed by atoms with E-state index in [9.17, 15) is 10.4 Å². The van der Waals surface area contributed by atoms with Crippen LogP contribution in [0.1, 0.15) is 19.7 Å². The highest BCUT2D eigenvalue weighted by atomic mass is 32.2. The van der Waals surface area contributed by atoms with E-state index in [1.165, 1.54) is 23.1 Å². The summed E-state index contributed by atoms with van der Waals surface area (Å²) in [5, 5.41) is 31.6. The van der Waals surface area contributed by atoms with Crippen molar-refractivity contribution >= 4 is 44.8 Å². The van der Waals surface area contributed by atoms with Gasteiger partial charge in [0.1, 0.15) is 17.4 Å². The standard InChI is InChI=1S/C16H16N6OS2/c1-3-18-15-21-22-16(25-15)24-9(2)13(23)10(8-17)14-19-11-6-4-5-7-12(11)20-14/h4-7,9,23H,3H2,1-2H3,(H,18,21)(H,19,20)/t9-/m0/s1. The largest absolute Gasteiger partial charge is 0.510 e. The molecule has 0 saturated carbocycles. The maximum atomic E-state index is 10.5. The topological polar surface area (TPSA) is 111 Å². The van der Waals surface area contributed by atoms with Crippen molar-refractivity contribution in [3.8, 4) is 6.07 Å². The summed E-state index contributed by atoms with van der Waals surface area (Å²) in [6.45, 7) is 4.57. The molecule has 3 rings (SSSR count). The number of rotatable bonds is 6. The Morgan fingerprint density at radius 3 is 2.96 bits per heavy atom. The summed E-state index contributed by atoms with van der Waals surface area (Å²) in [6.07, 6.45) is 0. The van der Waals surface area contributed by atoms with Crippen molar-refractivity contribution in [1.29, 1.82) is 5.26 Å². The fourth-order valence-corrected chi connectivity index (χ4v) is 4.22. The Morgan fingerprint density at radius 2 is 2.24 bits per heavy atom. The van der Waals surface area contributed by atoms with E-state index in [4.69, 9.17) is 0 Å². The van der Waals surface area contributed by atoms with E-state index in [0.29, 0.717) is 5.82 Å². The van der Waals surface area contributed by atoms with Gasteiger partial charge in [0.05, 0.1) is 16.3 Å². The van der Waals surface area contributed by atoms with Gasteiger partial charge >= 0.3 is 0 Å². The molecule has 7 nitrogen and oxygen atoms in total. The van der Waals surface area contributed by atoms with Gasteiger partial charge in [0.25, 0.3) is 0 Å². The molecular formula is C16H16N6OS2. The number of thioether (sulfide) groups is 1. The van der Waals surface area contributed by atoms with Crippen molar-refractivity contribution < 1.29 is 5.11 Å². The highest BCUT2D eigenvalue weighted by Gasteiger charge is 2.20. The Balaban J connectivity index is 1.85. The minimum atomic E-state index is -0.356. The predicted molar refractivity (Wildman–Crippen MR) is 101 cm³/mol. The number of benzene rings is 1. The molecule has 1 atom stereocenters. The summed E-state index contributed by atoms with van der Waals surface area (Å²) in [5.74, 6) is 0.325. The molecule has 2 heterocycles. The van der Waals surface area contributed by atoms with E-state index < -0.39 is 0 Å². The maximum Gasteiger partial charge on any atom is 0.206 e. The van der Waals surface area contributed by atoms with Gasteiger partial charge in [-0.2, -0.15) is 5.26 Å². The summed E-state index contributed by atoms with van der Waals surface area (Å²) >= 11 is 2.76. The van der Waals surface area contributed by atoms with Crippen molar-refractivity contribution in [3.63, 3.8) is 0 Å². The molecule has 0 amide bonds. The van der Waals surface area contributed by atoms with Crippen LogP contribution in [0.15, 0.2) is 34.4 Å². The number of hydrogen-bond acceptors (Lipinski definition) is 8. The lowest BCUT2D eigenvalue weighted by atomic mass is 10.2. The molecule has 0 aliphatic carbocycles. The van der Waals surface area contributed by atoms with Crippen molar-refractivity contribution in [2.75, 3.05) is 11.9 Å². The number of fused-ring (bicyclic) bond motifs is 1. The Labute approximate surface area is 152 Å². The number of nitrogens with one attached hydrogen (secondary N) is 2. The number of aromatic nitrogens is 4. The molecule has 3 aromatic rings. The van der Waals surface area contributed by atoms with E-state index in [1.54, 1.807) is 0 Å². The number of allylic oxidation sites excluding steroid dienone is 1. The molecule has 128 valence electrons. The Bertz CT molecular complexity index is 922. The zero-order valence-corrected chi connectivity index (χ0v) is 15.3. The molecule has 1 aromatic carbocycles. The smallest absolute Gasteiger partial charge is 0.206 e. The molecule has 0 fully saturated rings. The Kier molecular flexibility index (Phi) is 5.21. The van der Waals surface area contributed by atoms with Gasteiger partial charge in [-0.15, -0.1) is 10.2 Å². The molecule has 0 aliphatic heterocycles. The first-order chi connectivity index (χ1) is 12.1. The zero-order valence-electron chi connectivity index (χ0n) is 13.6. The van der Waals surface area contributed by atoms with E-state index in [-0.39, 0.29) is 16.6 Å². The summed E-state index contributed by atoms with van der Waals surface area (Å²) in [6, 6.07) is 9.53.